The third-order valence-corrected chi connectivity index (χ3v) is 4.45. The second kappa shape index (κ2) is 6.97. The van der Waals surface area contributed by atoms with Crippen LogP contribution in [0.25, 0.3) is 0 Å². The highest BCUT2D eigenvalue weighted by atomic mass is 16.3. The van der Waals surface area contributed by atoms with Gasteiger partial charge in [-0.3, -0.25) is 9.69 Å². The Morgan fingerprint density at radius 2 is 2.00 bits per heavy atom. The van der Waals surface area contributed by atoms with Crippen LogP contribution < -0.4 is 5.56 Å². The molecule has 2 aromatic rings. The van der Waals surface area contributed by atoms with Crippen LogP contribution >= 0.6 is 0 Å². The van der Waals surface area contributed by atoms with Crippen molar-refractivity contribution in [3.63, 3.8) is 0 Å². The third kappa shape index (κ3) is 3.69. The Kier molecular flexibility index (Phi) is 4.78. The minimum atomic E-state index is -0.000955. The third-order valence-electron chi connectivity index (χ3n) is 4.45. The van der Waals surface area contributed by atoms with Crippen LogP contribution in [0.1, 0.15) is 49.2 Å². The Morgan fingerprint density at radius 3 is 2.73 bits per heavy atom. The smallest absolute Gasteiger partial charge is 0.248 e. The molecule has 1 saturated heterocycles. The quantitative estimate of drug-likeness (QED) is 0.921. The fraction of sp³-hybridized carbons (Fsp3) is 0.500. The molecule has 1 N–H and O–H groups in total. The van der Waals surface area contributed by atoms with E-state index in [2.05, 4.69) is 28.9 Å². The molecule has 4 heteroatoms. The number of aryl methyl sites for hydroxylation is 1. The highest BCUT2D eigenvalue weighted by Gasteiger charge is 2.21. The van der Waals surface area contributed by atoms with Gasteiger partial charge in [0.2, 0.25) is 5.56 Å². The van der Waals surface area contributed by atoms with Gasteiger partial charge in [0.05, 0.1) is 6.54 Å². The van der Waals surface area contributed by atoms with E-state index in [0.717, 1.165) is 56.8 Å². The SMILES string of the molecule is CCCc1ccc(CN2CCC(c3cc[nH]c(=O)c3)CC2)o1. The van der Waals surface area contributed by atoms with Crippen molar-refractivity contribution in [2.45, 2.75) is 45.1 Å². The number of piperidine rings is 1. The van der Waals surface area contributed by atoms with E-state index in [1.165, 1.54) is 5.56 Å². The van der Waals surface area contributed by atoms with Gasteiger partial charge in [-0.2, -0.15) is 0 Å². The Labute approximate surface area is 131 Å². The van der Waals surface area contributed by atoms with Gasteiger partial charge in [-0.1, -0.05) is 6.92 Å². The molecule has 22 heavy (non-hydrogen) atoms. The minimum Gasteiger partial charge on any atom is -0.465 e. The second-order valence-electron chi connectivity index (χ2n) is 6.15. The zero-order valence-corrected chi connectivity index (χ0v) is 13.2. The lowest BCUT2D eigenvalue weighted by Crippen LogP contribution is -2.32. The lowest BCUT2D eigenvalue weighted by molar-refractivity contribution is 0.189. The van der Waals surface area contributed by atoms with Crippen LogP contribution in [0.4, 0.5) is 0 Å². The number of H-pyrrole nitrogens is 1. The number of aromatic amines is 1. The molecule has 0 aromatic carbocycles. The van der Waals surface area contributed by atoms with Gasteiger partial charge in [0, 0.05) is 18.7 Å². The monoisotopic (exact) mass is 300 g/mol. The second-order valence-corrected chi connectivity index (χ2v) is 6.15. The van der Waals surface area contributed by atoms with E-state index in [0.29, 0.717) is 5.92 Å². The molecule has 4 nitrogen and oxygen atoms in total. The summed E-state index contributed by atoms with van der Waals surface area (Å²) in [6.07, 6.45) is 6.10. The number of nitrogens with one attached hydrogen (secondary N) is 1. The molecule has 1 fully saturated rings. The molecule has 1 aliphatic heterocycles. The van der Waals surface area contributed by atoms with E-state index in [9.17, 15) is 4.79 Å². The topological polar surface area (TPSA) is 49.2 Å². The van der Waals surface area contributed by atoms with Crippen LogP contribution in [-0.2, 0) is 13.0 Å². The first kappa shape index (κ1) is 15.1. The van der Waals surface area contributed by atoms with Gasteiger partial charge in [-0.15, -0.1) is 0 Å². The number of aromatic nitrogens is 1. The molecule has 1 aliphatic rings. The fourth-order valence-corrected chi connectivity index (χ4v) is 3.25. The van der Waals surface area contributed by atoms with Crippen LogP contribution in [0.2, 0.25) is 0 Å². The molecule has 3 heterocycles. The maximum Gasteiger partial charge on any atom is 0.248 e. The molecule has 0 atom stereocenters. The first-order valence-corrected chi connectivity index (χ1v) is 8.23. The van der Waals surface area contributed by atoms with Gasteiger partial charge in [-0.05, 0) is 62.0 Å². The maximum atomic E-state index is 11.4. The van der Waals surface area contributed by atoms with Gasteiger partial charge < -0.3 is 9.40 Å². The Hall–Kier alpha value is -1.81. The van der Waals surface area contributed by atoms with Crippen molar-refractivity contribution in [3.8, 4) is 0 Å². The summed E-state index contributed by atoms with van der Waals surface area (Å²) in [5.41, 5.74) is 1.17. The number of nitrogens with zero attached hydrogens (tertiary/aromatic N) is 1. The van der Waals surface area contributed by atoms with E-state index in [1.54, 1.807) is 12.3 Å². The van der Waals surface area contributed by atoms with Crippen LogP contribution in [0.5, 0.6) is 0 Å². The molecule has 3 rings (SSSR count). The van der Waals surface area contributed by atoms with Gasteiger partial charge in [0.25, 0.3) is 0 Å². The van der Waals surface area contributed by atoms with Crippen LogP contribution in [0.15, 0.2) is 39.7 Å². The van der Waals surface area contributed by atoms with Crippen LogP contribution in [-0.4, -0.2) is 23.0 Å². The lowest BCUT2D eigenvalue weighted by atomic mass is 9.90. The van der Waals surface area contributed by atoms with Gasteiger partial charge >= 0.3 is 0 Å². The molecule has 118 valence electrons. The fourth-order valence-electron chi connectivity index (χ4n) is 3.25. The molecule has 2 aromatic heterocycles. The van der Waals surface area contributed by atoms with Crippen LogP contribution in [0.3, 0.4) is 0 Å². The summed E-state index contributed by atoms with van der Waals surface area (Å²) in [5, 5.41) is 0. The summed E-state index contributed by atoms with van der Waals surface area (Å²) < 4.78 is 5.87. The molecular formula is C18H24N2O2. The van der Waals surface area contributed by atoms with Gasteiger partial charge in [0.15, 0.2) is 0 Å². The highest BCUT2D eigenvalue weighted by molar-refractivity contribution is 5.16. The largest absolute Gasteiger partial charge is 0.465 e. The van der Waals surface area contributed by atoms with Crippen LogP contribution in [0, 0.1) is 0 Å². The Bertz CT molecular complexity index is 651. The number of likely N-dealkylation sites (tertiary alicyclic amines) is 1. The molecule has 0 radical (unpaired) electrons. The minimum absolute atomic E-state index is 0.000955. The number of rotatable bonds is 5. The number of hydrogen-bond donors (Lipinski definition) is 1. The summed E-state index contributed by atoms with van der Waals surface area (Å²) in [7, 11) is 0. The Balaban J connectivity index is 1.54. The normalized spacial score (nSPS) is 17.0. The summed E-state index contributed by atoms with van der Waals surface area (Å²) >= 11 is 0. The van der Waals surface area contributed by atoms with E-state index in [-0.39, 0.29) is 5.56 Å². The number of furan rings is 1. The van der Waals surface area contributed by atoms with E-state index in [1.807, 2.05) is 6.07 Å². The van der Waals surface area contributed by atoms with Crippen molar-refractivity contribution in [1.82, 2.24) is 9.88 Å². The average molecular weight is 300 g/mol. The summed E-state index contributed by atoms with van der Waals surface area (Å²) in [6.45, 7) is 5.18. The maximum absolute atomic E-state index is 11.4. The van der Waals surface area contributed by atoms with E-state index in [4.69, 9.17) is 4.42 Å². The number of pyridine rings is 1. The predicted molar refractivity (Wildman–Crippen MR) is 87.0 cm³/mol. The van der Waals surface area contributed by atoms with Crippen molar-refractivity contribution >= 4 is 0 Å². The number of hydrogen-bond acceptors (Lipinski definition) is 3. The van der Waals surface area contributed by atoms with Crippen molar-refractivity contribution in [1.29, 1.82) is 0 Å². The molecule has 0 unspecified atom stereocenters. The Morgan fingerprint density at radius 1 is 1.23 bits per heavy atom. The predicted octanol–water partition coefficient (Wildman–Crippen LogP) is 3.30. The first-order chi connectivity index (χ1) is 10.7. The standard InChI is InChI=1S/C18H24N2O2/c1-2-3-16-4-5-17(22-16)13-20-10-7-14(8-11-20)15-6-9-19-18(21)12-15/h4-6,9,12,14H,2-3,7-8,10-11,13H2,1H3,(H,19,21). The average Bonchev–Trinajstić information content (AvgIpc) is 2.96. The lowest BCUT2D eigenvalue weighted by Gasteiger charge is -2.31. The summed E-state index contributed by atoms with van der Waals surface area (Å²) in [5.74, 6) is 2.67. The summed E-state index contributed by atoms with van der Waals surface area (Å²) in [4.78, 5) is 16.5. The summed E-state index contributed by atoms with van der Waals surface area (Å²) in [6, 6.07) is 7.98. The zero-order chi connectivity index (χ0) is 15.4. The molecule has 0 saturated carbocycles. The van der Waals surface area contributed by atoms with Gasteiger partial charge in [0.1, 0.15) is 11.5 Å². The van der Waals surface area contributed by atoms with Crippen molar-refractivity contribution in [3.05, 3.63) is 57.9 Å². The molecule has 0 bridgehead atoms. The van der Waals surface area contributed by atoms with Crippen molar-refractivity contribution in [2.24, 2.45) is 0 Å². The van der Waals surface area contributed by atoms with E-state index >= 15 is 0 Å². The molecule has 0 amide bonds. The molecule has 0 spiro atoms. The zero-order valence-electron chi connectivity index (χ0n) is 13.2. The van der Waals surface area contributed by atoms with E-state index < -0.39 is 0 Å². The van der Waals surface area contributed by atoms with Crippen molar-refractivity contribution < 1.29 is 4.42 Å². The molecular weight excluding hydrogens is 276 g/mol. The highest BCUT2D eigenvalue weighted by Crippen LogP contribution is 2.27. The van der Waals surface area contributed by atoms with Crippen molar-refractivity contribution in [2.75, 3.05) is 13.1 Å². The first-order valence-electron chi connectivity index (χ1n) is 8.23. The molecule has 0 aliphatic carbocycles. The van der Waals surface area contributed by atoms with Gasteiger partial charge in [-0.25, -0.2) is 0 Å².